The van der Waals surface area contributed by atoms with Crippen molar-refractivity contribution in [3.8, 4) is 0 Å². The van der Waals surface area contributed by atoms with Crippen molar-refractivity contribution in [2.24, 2.45) is 0 Å². The van der Waals surface area contributed by atoms with Crippen LogP contribution in [-0.2, 0) is 28.6 Å². The standard InChI is InChI=1S/C57H98O6/c1-4-7-10-13-16-19-22-25-28-31-34-37-40-43-46-49-55(58)61-52-54(63-57(60)51-48-45-42-39-36-33-30-27-24-21-18-15-12-9-6-3)53-62-56(59)50-47-44-41-38-35-32-29-26-23-20-17-14-11-8-5-2/h16,18-19,21,25-30,34,37,54H,4-15,17,20,22-24,31-33,35-36,38-53H2,1-3H3/b19-16-,21-18-,28-25-,29-26-,30-27-,37-34-/t54-/m0/s1. The van der Waals surface area contributed by atoms with Crippen LogP contribution in [0.2, 0.25) is 0 Å². The van der Waals surface area contributed by atoms with Crippen LogP contribution in [0.3, 0.4) is 0 Å². The van der Waals surface area contributed by atoms with Crippen LogP contribution in [0.15, 0.2) is 72.9 Å². The fraction of sp³-hybridized carbons (Fsp3) is 0.737. The lowest BCUT2D eigenvalue weighted by atomic mass is 10.1. The summed E-state index contributed by atoms with van der Waals surface area (Å²) in [6, 6.07) is 0. The van der Waals surface area contributed by atoms with Gasteiger partial charge in [0, 0.05) is 19.3 Å². The fourth-order valence-electron chi connectivity index (χ4n) is 7.12. The highest BCUT2D eigenvalue weighted by molar-refractivity contribution is 5.71. The molecule has 0 spiro atoms. The summed E-state index contributed by atoms with van der Waals surface area (Å²) in [5.41, 5.74) is 0. The van der Waals surface area contributed by atoms with E-state index in [2.05, 4.69) is 93.7 Å². The summed E-state index contributed by atoms with van der Waals surface area (Å²) in [7, 11) is 0. The van der Waals surface area contributed by atoms with Crippen molar-refractivity contribution < 1.29 is 28.6 Å². The van der Waals surface area contributed by atoms with E-state index in [4.69, 9.17) is 14.2 Å². The second-order valence-corrected chi connectivity index (χ2v) is 17.4. The molecule has 362 valence electrons. The Kier molecular flexibility index (Phi) is 48.9. The van der Waals surface area contributed by atoms with E-state index in [1.807, 2.05) is 0 Å². The second-order valence-electron chi connectivity index (χ2n) is 17.4. The molecule has 0 N–H and O–H groups in total. The van der Waals surface area contributed by atoms with E-state index in [0.717, 1.165) is 103 Å². The molecule has 0 bridgehead atoms. The first-order chi connectivity index (χ1) is 31.0. The van der Waals surface area contributed by atoms with Gasteiger partial charge in [0.05, 0.1) is 0 Å². The van der Waals surface area contributed by atoms with Crippen LogP contribution in [0.4, 0.5) is 0 Å². The van der Waals surface area contributed by atoms with E-state index in [1.165, 1.54) is 109 Å². The maximum atomic E-state index is 12.8. The molecule has 0 fully saturated rings. The third kappa shape index (κ3) is 49.7. The molecular weight excluding hydrogens is 781 g/mol. The second kappa shape index (κ2) is 51.5. The minimum absolute atomic E-state index is 0.0976. The number of ether oxygens (including phenoxy) is 3. The third-order valence-electron chi connectivity index (χ3n) is 11.2. The van der Waals surface area contributed by atoms with Crippen LogP contribution >= 0.6 is 0 Å². The van der Waals surface area contributed by atoms with Crippen LogP contribution in [0.1, 0.15) is 252 Å². The molecule has 0 saturated carbocycles. The quantitative estimate of drug-likeness (QED) is 0.0262. The molecule has 0 heterocycles. The van der Waals surface area contributed by atoms with Crippen molar-refractivity contribution in [2.45, 2.75) is 258 Å². The van der Waals surface area contributed by atoms with Gasteiger partial charge in [-0.3, -0.25) is 14.4 Å². The molecule has 0 aliphatic rings. The molecule has 63 heavy (non-hydrogen) atoms. The highest BCUT2D eigenvalue weighted by Crippen LogP contribution is 2.13. The van der Waals surface area contributed by atoms with E-state index in [9.17, 15) is 14.4 Å². The molecule has 0 aromatic rings. The topological polar surface area (TPSA) is 78.9 Å². The van der Waals surface area contributed by atoms with E-state index >= 15 is 0 Å². The van der Waals surface area contributed by atoms with E-state index in [0.29, 0.717) is 19.3 Å². The van der Waals surface area contributed by atoms with Gasteiger partial charge in [-0.1, -0.05) is 190 Å². The maximum absolute atomic E-state index is 12.8. The number of hydrogen-bond donors (Lipinski definition) is 0. The lowest BCUT2D eigenvalue weighted by Gasteiger charge is -2.18. The van der Waals surface area contributed by atoms with Crippen LogP contribution in [0.5, 0.6) is 0 Å². The monoisotopic (exact) mass is 879 g/mol. The largest absolute Gasteiger partial charge is 0.462 e. The predicted molar refractivity (Wildman–Crippen MR) is 270 cm³/mol. The van der Waals surface area contributed by atoms with E-state index < -0.39 is 6.10 Å². The average molecular weight is 879 g/mol. The summed E-state index contributed by atoms with van der Waals surface area (Å²) in [5, 5.41) is 0. The molecule has 0 aliphatic heterocycles. The Bertz CT molecular complexity index is 1190. The summed E-state index contributed by atoms with van der Waals surface area (Å²) in [6.45, 7) is 6.53. The van der Waals surface area contributed by atoms with Gasteiger partial charge in [0.25, 0.3) is 0 Å². The SMILES string of the molecule is CCCCC/C=C\C/C=C\C/C=C\CCCCC(=O)OC[C@@H](COC(=O)CCCCCCC/C=C\CCCCCCCC)OC(=O)CCCCCCC/C=C\C/C=C\CCCCC. The summed E-state index contributed by atoms with van der Waals surface area (Å²) in [6.07, 6.45) is 64.5. The highest BCUT2D eigenvalue weighted by Gasteiger charge is 2.19. The Labute approximate surface area is 389 Å². The third-order valence-corrected chi connectivity index (χ3v) is 11.2. The van der Waals surface area contributed by atoms with Crippen LogP contribution in [0.25, 0.3) is 0 Å². The zero-order chi connectivity index (χ0) is 45.8. The average Bonchev–Trinajstić information content (AvgIpc) is 3.28. The van der Waals surface area contributed by atoms with Gasteiger partial charge in [0.1, 0.15) is 13.2 Å². The fourth-order valence-corrected chi connectivity index (χ4v) is 7.12. The number of unbranched alkanes of at least 4 members (excludes halogenated alkanes) is 24. The first kappa shape index (κ1) is 59.9. The van der Waals surface area contributed by atoms with E-state index in [-0.39, 0.29) is 31.1 Å². The number of esters is 3. The molecule has 0 saturated heterocycles. The minimum atomic E-state index is -0.801. The van der Waals surface area contributed by atoms with Crippen LogP contribution in [-0.4, -0.2) is 37.2 Å². The van der Waals surface area contributed by atoms with Gasteiger partial charge >= 0.3 is 17.9 Å². The first-order valence-electron chi connectivity index (χ1n) is 26.4. The first-order valence-corrected chi connectivity index (χ1v) is 26.4. The Morgan fingerprint density at radius 1 is 0.317 bits per heavy atom. The molecule has 0 aromatic heterocycles. The van der Waals surface area contributed by atoms with Crippen molar-refractivity contribution in [1.82, 2.24) is 0 Å². The van der Waals surface area contributed by atoms with Gasteiger partial charge in [0.2, 0.25) is 0 Å². The van der Waals surface area contributed by atoms with Crippen LogP contribution in [0, 0.1) is 0 Å². The van der Waals surface area contributed by atoms with Gasteiger partial charge in [0.15, 0.2) is 6.10 Å². The molecule has 0 radical (unpaired) electrons. The molecule has 6 nitrogen and oxygen atoms in total. The zero-order valence-corrected chi connectivity index (χ0v) is 41.3. The Balaban J connectivity index is 4.48. The lowest BCUT2D eigenvalue weighted by molar-refractivity contribution is -0.167. The number of carbonyl (C=O) groups is 3. The highest BCUT2D eigenvalue weighted by atomic mass is 16.6. The number of hydrogen-bond acceptors (Lipinski definition) is 6. The molecule has 6 heteroatoms. The van der Waals surface area contributed by atoms with Gasteiger partial charge in [-0.2, -0.15) is 0 Å². The van der Waals surface area contributed by atoms with Crippen molar-refractivity contribution in [3.05, 3.63) is 72.9 Å². The molecule has 1 atom stereocenters. The number of rotatable bonds is 47. The van der Waals surface area contributed by atoms with Crippen molar-refractivity contribution in [3.63, 3.8) is 0 Å². The van der Waals surface area contributed by atoms with Crippen molar-refractivity contribution in [2.75, 3.05) is 13.2 Å². The maximum Gasteiger partial charge on any atom is 0.306 e. The molecule has 0 amide bonds. The van der Waals surface area contributed by atoms with Gasteiger partial charge in [-0.25, -0.2) is 0 Å². The molecule has 0 aromatic carbocycles. The van der Waals surface area contributed by atoms with Crippen molar-refractivity contribution in [1.29, 1.82) is 0 Å². The summed E-state index contributed by atoms with van der Waals surface area (Å²) in [4.78, 5) is 38.0. The zero-order valence-electron chi connectivity index (χ0n) is 41.3. The number of carbonyl (C=O) groups excluding carboxylic acids is 3. The van der Waals surface area contributed by atoms with Crippen LogP contribution < -0.4 is 0 Å². The Morgan fingerprint density at radius 2 is 0.571 bits per heavy atom. The molecule has 0 unspecified atom stereocenters. The molecule has 0 aliphatic carbocycles. The predicted octanol–water partition coefficient (Wildman–Crippen LogP) is 17.4. The normalized spacial score (nSPS) is 12.6. The smallest absolute Gasteiger partial charge is 0.306 e. The number of allylic oxidation sites excluding steroid dienone is 12. The summed E-state index contributed by atoms with van der Waals surface area (Å²) in [5.74, 6) is -0.957. The Morgan fingerprint density at radius 3 is 0.968 bits per heavy atom. The van der Waals surface area contributed by atoms with Gasteiger partial charge in [-0.05, 0) is 116 Å². The van der Waals surface area contributed by atoms with Gasteiger partial charge < -0.3 is 14.2 Å². The lowest BCUT2D eigenvalue weighted by Crippen LogP contribution is -2.30. The Hall–Kier alpha value is -3.15. The van der Waals surface area contributed by atoms with E-state index in [1.54, 1.807) is 0 Å². The van der Waals surface area contributed by atoms with Crippen molar-refractivity contribution >= 4 is 17.9 Å². The molecular formula is C57H98O6. The molecule has 0 rings (SSSR count). The van der Waals surface area contributed by atoms with Gasteiger partial charge in [-0.15, -0.1) is 0 Å². The summed E-state index contributed by atoms with van der Waals surface area (Å²) < 4.78 is 16.8. The summed E-state index contributed by atoms with van der Waals surface area (Å²) >= 11 is 0. The minimum Gasteiger partial charge on any atom is -0.462 e.